The van der Waals surface area contributed by atoms with Crippen molar-refractivity contribution in [3.8, 4) is 0 Å². The molecule has 192 valence electrons. The van der Waals surface area contributed by atoms with E-state index in [2.05, 4.69) is 53.7 Å². The molecular formula is C31H50O3. The van der Waals surface area contributed by atoms with Crippen molar-refractivity contribution in [3.63, 3.8) is 0 Å². The van der Waals surface area contributed by atoms with Crippen LogP contribution in [0.15, 0.2) is 23.3 Å². The van der Waals surface area contributed by atoms with Crippen molar-refractivity contribution in [3.05, 3.63) is 23.3 Å². The van der Waals surface area contributed by atoms with Crippen LogP contribution in [0.4, 0.5) is 0 Å². The van der Waals surface area contributed by atoms with Crippen molar-refractivity contribution < 1.29 is 14.6 Å². The number of esters is 1. The fourth-order valence-electron chi connectivity index (χ4n) is 9.66. The molecule has 3 nitrogen and oxygen atoms in total. The third-order valence-corrected chi connectivity index (χ3v) is 12.1. The van der Waals surface area contributed by atoms with Crippen LogP contribution < -0.4 is 0 Å². The van der Waals surface area contributed by atoms with Crippen LogP contribution in [0.2, 0.25) is 0 Å². The lowest BCUT2D eigenvalue weighted by atomic mass is 9.41. The molecule has 0 spiro atoms. The topological polar surface area (TPSA) is 46.5 Å². The molecule has 0 radical (unpaired) electrons. The Kier molecular flexibility index (Phi) is 6.71. The number of methoxy groups -OCH3 is 1. The lowest BCUT2D eigenvalue weighted by Gasteiger charge is -2.64. The van der Waals surface area contributed by atoms with Gasteiger partial charge in [0.05, 0.1) is 13.2 Å². The van der Waals surface area contributed by atoms with Crippen molar-refractivity contribution in [2.75, 3.05) is 7.11 Å². The second-order valence-corrected chi connectivity index (χ2v) is 13.7. The number of carbonyl (C=O) groups excluding carboxylic acids is 1. The van der Waals surface area contributed by atoms with Crippen LogP contribution in [0.25, 0.3) is 0 Å². The smallest absolute Gasteiger partial charge is 0.333 e. The van der Waals surface area contributed by atoms with Gasteiger partial charge in [0.1, 0.15) is 0 Å². The molecule has 0 aromatic heterocycles. The number of aliphatic hydroxyl groups is 1. The van der Waals surface area contributed by atoms with Gasteiger partial charge in [0.25, 0.3) is 0 Å². The second kappa shape index (κ2) is 8.79. The molecule has 0 bridgehead atoms. The highest BCUT2D eigenvalue weighted by Gasteiger charge is 2.65. The maximum Gasteiger partial charge on any atom is 0.333 e. The third-order valence-electron chi connectivity index (χ3n) is 12.1. The molecule has 0 aromatic rings. The fourth-order valence-corrected chi connectivity index (χ4v) is 9.66. The molecule has 3 fully saturated rings. The minimum Gasteiger partial charge on any atom is -0.466 e. The maximum absolute atomic E-state index is 11.7. The molecule has 34 heavy (non-hydrogen) atoms. The average molecular weight is 471 g/mol. The summed E-state index contributed by atoms with van der Waals surface area (Å²) in [7, 11) is 1.46. The lowest BCUT2D eigenvalue weighted by molar-refractivity contribution is -0.136. The Bertz CT molecular complexity index is 868. The van der Waals surface area contributed by atoms with Crippen molar-refractivity contribution in [2.24, 2.45) is 45.3 Å². The predicted molar refractivity (Wildman–Crippen MR) is 139 cm³/mol. The summed E-state index contributed by atoms with van der Waals surface area (Å²) in [5, 5.41) is 10.8. The third kappa shape index (κ3) is 3.66. The van der Waals surface area contributed by atoms with Crippen molar-refractivity contribution in [1.82, 2.24) is 0 Å². The number of fused-ring (bicyclic) bond motifs is 5. The second-order valence-electron chi connectivity index (χ2n) is 13.7. The van der Waals surface area contributed by atoms with Gasteiger partial charge in [0.15, 0.2) is 0 Å². The van der Waals surface area contributed by atoms with E-state index < -0.39 is 0 Å². The van der Waals surface area contributed by atoms with Gasteiger partial charge >= 0.3 is 5.97 Å². The predicted octanol–water partition coefficient (Wildman–Crippen LogP) is 7.49. The van der Waals surface area contributed by atoms with Gasteiger partial charge < -0.3 is 9.84 Å². The molecule has 4 rings (SSSR count). The van der Waals surface area contributed by atoms with E-state index in [0.717, 1.165) is 37.2 Å². The van der Waals surface area contributed by atoms with Gasteiger partial charge in [-0.15, -0.1) is 0 Å². The number of allylic oxidation sites excluding steroid dienone is 3. The number of hydrogen-bond acceptors (Lipinski definition) is 3. The van der Waals surface area contributed by atoms with Gasteiger partial charge in [-0.2, -0.15) is 0 Å². The summed E-state index contributed by atoms with van der Waals surface area (Å²) in [6, 6.07) is 0. The van der Waals surface area contributed by atoms with E-state index in [1.165, 1.54) is 39.2 Å². The molecule has 4 aliphatic carbocycles. The van der Waals surface area contributed by atoms with E-state index >= 15 is 0 Å². The van der Waals surface area contributed by atoms with Gasteiger partial charge in [-0.25, -0.2) is 4.79 Å². The Labute approximate surface area is 208 Å². The molecule has 1 N–H and O–H groups in total. The zero-order valence-corrected chi connectivity index (χ0v) is 23.2. The van der Waals surface area contributed by atoms with E-state index in [9.17, 15) is 9.90 Å². The van der Waals surface area contributed by atoms with E-state index in [1.807, 2.05) is 6.92 Å². The van der Waals surface area contributed by atoms with Gasteiger partial charge in [-0.05, 0) is 110 Å². The molecule has 0 heterocycles. The Morgan fingerprint density at radius 2 is 1.85 bits per heavy atom. The van der Waals surface area contributed by atoms with Crippen LogP contribution >= 0.6 is 0 Å². The summed E-state index contributed by atoms with van der Waals surface area (Å²) in [6.07, 6.45) is 15.2. The van der Waals surface area contributed by atoms with Crippen LogP contribution in [-0.4, -0.2) is 24.3 Å². The highest BCUT2D eigenvalue weighted by atomic mass is 16.5. The van der Waals surface area contributed by atoms with E-state index in [-0.39, 0.29) is 17.5 Å². The first kappa shape index (κ1) is 26.0. The zero-order valence-electron chi connectivity index (χ0n) is 23.2. The van der Waals surface area contributed by atoms with Gasteiger partial charge in [0.2, 0.25) is 0 Å². The van der Waals surface area contributed by atoms with Gasteiger partial charge in [0, 0.05) is 5.57 Å². The SMILES string of the molecule is COC(=O)/C(C)=C\CC[C@H](C)[C@@H]1CC[C@]2(C)C3=CC[C@H]4C(C)(C)[C@@H](O)CC[C@]4(C)[C@H]3CC[C@@]12C. The fraction of sp³-hybridized carbons (Fsp3) is 0.839. The molecule has 3 saturated carbocycles. The Hall–Kier alpha value is -1.09. The van der Waals surface area contributed by atoms with Crippen LogP contribution in [0, 0.1) is 45.3 Å². The van der Waals surface area contributed by atoms with Crippen molar-refractivity contribution >= 4 is 5.97 Å². The maximum atomic E-state index is 11.7. The van der Waals surface area contributed by atoms with Gasteiger partial charge in [-0.1, -0.05) is 59.3 Å². The first-order valence-electron chi connectivity index (χ1n) is 14.0. The van der Waals surface area contributed by atoms with Crippen LogP contribution in [-0.2, 0) is 9.53 Å². The Morgan fingerprint density at radius 3 is 2.53 bits per heavy atom. The summed E-state index contributed by atoms with van der Waals surface area (Å²) in [6.45, 7) is 16.7. The molecule has 0 aliphatic heterocycles. The molecule has 0 amide bonds. The number of ether oxygens (including phenoxy) is 1. The first-order valence-corrected chi connectivity index (χ1v) is 14.0. The normalized spacial score (nSPS) is 44.4. The minimum absolute atomic E-state index is 0.000736. The molecule has 4 aliphatic rings. The van der Waals surface area contributed by atoms with Crippen molar-refractivity contribution in [2.45, 2.75) is 112 Å². The van der Waals surface area contributed by atoms with E-state index in [1.54, 1.807) is 5.57 Å². The minimum atomic E-state index is -0.208. The van der Waals surface area contributed by atoms with Crippen LogP contribution in [0.1, 0.15) is 106 Å². The molecule has 0 aromatic carbocycles. The number of hydrogen-bond donors (Lipinski definition) is 1. The summed E-state index contributed by atoms with van der Waals surface area (Å²) >= 11 is 0. The number of carbonyl (C=O) groups is 1. The Morgan fingerprint density at radius 1 is 1.15 bits per heavy atom. The number of aliphatic hydroxyl groups excluding tert-OH is 1. The van der Waals surface area contributed by atoms with Crippen LogP contribution in [0.3, 0.4) is 0 Å². The summed E-state index contributed by atoms with van der Waals surface area (Å²) in [4.78, 5) is 11.7. The molecule has 8 atom stereocenters. The standard InChI is InChI=1S/C31H50O3/c1-20(10-9-11-21(2)27(33)34-8)22-14-18-31(7)24-12-13-25-28(3,4)26(32)16-17-29(25,5)23(24)15-19-30(22,31)6/h11-12,20,22-23,25-26,32H,9-10,13-19H2,1-8H3/b21-11-/t20-,22-,23-,25-,26-,29+,30-,31+/m0/s1. The van der Waals surface area contributed by atoms with Gasteiger partial charge in [-0.3, -0.25) is 0 Å². The van der Waals surface area contributed by atoms with Crippen molar-refractivity contribution in [1.29, 1.82) is 0 Å². The highest BCUT2D eigenvalue weighted by Crippen LogP contribution is 2.73. The number of rotatable bonds is 5. The summed E-state index contributed by atoms with van der Waals surface area (Å²) in [5.41, 5.74) is 3.47. The monoisotopic (exact) mass is 470 g/mol. The summed E-state index contributed by atoms with van der Waals surface area (Å²) in [5.74, 6) is 2.44. The summed E-state index contributed by atoms with van der Waals surface area (Å²) < 4.78 is 4.86. The molecule has 0 unspecified atom stereocenters. The quantitative estimate of drug-likeness (QED) is 0.257. The van der Waals surface area contributed by atoms with E-state index in [4.69, 9.17) is 4.74 Å². The average Bonchev–Trinajstić information content (AvgIpc) is 3.07. The molecule has 0 saturated heterocycles. The van der Waals surface area contributed by atoms with Crippen LogP contribution in [0.5, 0.6) is 0 Å². The Balaban J connectivity index is 1.56. The largest absolute Gasteiger partial charge is 0.466 e. The first-order chi connectivity index (χ1) is 15.8. The highest BCUT2D eigenvalue weighted by molar-refractivity contribution is 5.87. The lowest BCUT2D eigenvalue weighted by Crippen LogP contribution is -2.58. The van der Waals surface area contributed by atoms with E-state index in [0.29, 0.717) is 34.0 Å². The zero-order chi connectivity index (χ0) is 25.1. The molecule has 3 heteroatoms. The molecular weight excluding hydrogens is 420 g/mol.